The van der Waals surface area contributed by atoms with E-state index in [1.54, 1.807) is 0 Å². The van der Waals surface area contributed by atoms with Crippen LogP contribution >= 0.6 is 0 Å². The summed E-state index contributed by atoms with van der Waals surface area (Å²) in [6.07, 6.45) is 0. The molecule has 16 heavy (non-hydrogen) atoms. The van der Waals surface area contributed by atoms with Gasteiger partial charge in [-0.15, -0.1) is 0 Å². The lowest BCUT2D eigenvalue weighted by Crippen LogP contribution is -2.56. The molecule has 1 aliphatic rings. The van der Waals surface area contributed by atoms with Gasteiger partial charge in [0.05, 0.1) is 13.2 Å². The number of ether oxygens (including phenoxy) is 1. The molecule has 0 spiro atoms. The van der Waals surface area contributed by atoms with E-state index in [1.165, 1.54) is 4.90 Å². The predicted molar refractivity (Wildman–Crippen MR) is 57.2 cm³/mol. The summed E-state index contributed by atoms with van der Waals surface area (Å²) >= 11 is 0. The van der Waals surface area contributed by atoms with E-state index in [-0.39, 0.29) is 12.6 Å². The molecule has 1 atom stereocenters. The standard InChI is InChI=1S/C10H18N2O4/c1-7(2)5-11-10(15)12-3-4-16-6-8(12)9(13)14/h7-8H,3-6H2,1-2H3,(H,11,15)(H,13,14). The number of carboxylic acids is 1. The normalized spacial score (nSPS) is 20.9. The van der Waals surface area contributed by atoms with Gasteiger partial charge in [-0.25, -0.2) is 9.59 Å². The molecule has 1 fully saturated rings. The maximum Gasteiger partial charge on any atom is 0.328 e. The van der Waals surface area contributed by atoms with E-state index >= 15 is 0 Å². The summed E-state index contributed by atoms with van der Waals surface area (Å²) in [5.41, 5.74) is 0. The Bertz CT molecular complexity index is 268. The third-order valence-corrected chi connectivity index (χ3v) is 2.34. The van der Waals surface area contributed by atoms with E-state index in [0.29, 0.717) is 25.6 Å². The Morgan fingerprint density at radius 2 is 2.25 bits per heavy atom. The largest absolute Gasteiger partial charge is 0.480 e. The first-order chi connectivity index (χ1) is 7.52. The molecule has 0 aliphatic carbocycles. The van der Waals surface area contributed by atoms with Gasteiger partial charge in [0.1, 0.15) is 0 Å². The Labute approximate surface area is 94.6 Å². The van der Waals surface area contributed by atoms with Gasteiger partial charge in [0.15, 0.2) is 6.04 Å². The summed E-state index contributed by atoms with van der Waals surface area (Å²) < 4.78 is 5.05. The van der Waals surface area contributed by atoms with Crippen molar-refractivity contribution in [1.29, 1.82) is 0 Å². The molecule has 1 heterocycles. The lowest BCUT2D eigenvalue weighted by molar-refractivity contribution is -0.147. The number of hydrogen-bond donors (Lipinski definition) is 2. The van der Waals surface area contributed by atoms with Crippen LogP contribution in [-0.4, -0.2) is 54.4 Å². The fourth-order valence-corrected chi connectivity index (χ4v) is 1.44. The van der Waals surface area contributed by atoms with Gasteiger partial charge in [-0.05, 0) is 5.92 Å². The molecule has 1 rings (SSSR count). The number of carbonyl (C=O) groups excluding carboxylic acids is 1. The van der Waals surface area contributed by atoms with Crippen LogP contribution in [0.4, 0.5) is 4.79 Å². The first-order valence-electron chi connectivity index (χ1n) is 5.37. The van der Waals surface area contributed by atoms with Crippen LogP contribution in [0.1, 0.15) is 13.8 Å². The molecular weight excluding hydrogens is 212 g/mol. The van der Waals surface area contributed by atoms with E-state index < -0.39 is 12.0 Å². The zero-order chi connectivity index (χ0) is 12.1. The van der Waals surface area contributed by atoms with Crippen molar-refractivity contribution in [1.82, 2.24) is 10.2 Å². The van der Waals surface area contributed by atoms with Crippen LogP contribution in [0, 0.1) is 5.92 Å². The molecule has 2 amide bonds. The average Bonchev–Trinajstić information content (AvgIpc) is 2.25. The summed E-state index contributed by atoms with van der Waals surface area (Å²) in [6, 6.07) is -1.20. The Morgan fingerprint density at radius 3 is 2.81 bits per heavy atom. The number of aliphatic carboxylic acids is 1. The van der Waals surface area contributed by atoms with Crippen LogP contribution in [0.2, 0.25) is 0 Å². The van der Waals surface area contributed by atoms with Crippen molar-refractivity contribution in [3.05, 3.63) is 0 Å². The second-order valence-electron chi connectivity index (χ2n) is 4.20. The van der Waals surface area contributed by atoms with Gasteiger partial charge in [0, 0.05) is 13.1 Å². The van der Waals surface area contributed by atoms with Crippen LogP contribution in [-0.2, 0) is 9.53 Å². The Hall–Kier alpha value is -1.30. The first kappa shape index (κ1) is 12.8. The fourth-order valence-electron chi connectivity index (χ4n) is 1.44. The number of morpholine rings is 1. The second-order valence-corrected chi connectivity index (χ2v) is 4.20. The predicted octanol–water partition coefficient (Wildman–Crippen LogP) is 0.137. The monoisotopic (exact) mass is 230 g/mol. The molecule has 0 aromatic carbocycles. The molecule has 0 aromatic rings. The molecule has 0 radical (unpaired) electrons. The van der Waals surface area contributed by atoms with E-state index in [4.69, 9.17) is 9.84 Å². The van der Waals surface area contributed by atoms with Gasteiger partial charge < -0.3 is 20.1 Å². The number of urea groups is 1. The lowest BCUT2D eigenvalue weighted by atomic mass is 10.2. The molecule has 1 unspecified atom stereocenters. The second kappa shape index (κ2) is 5.69. The first-order valence-corrected chi connectivity index (χ1v) is 5.37. The number of hydrogen-bond acceptors (Lipinski definition) is 3. The summed E-state index contributed by atoms with van der Waals surface area (Å²) in [7, 11) is 0. The number of rotatable bonds is 3. The number of amides is 2. The maximum atomic E-state index is 11.7. The van der Waals surface area contributed by atoms with Crippen molar-refractivity contribution in [2.45, 2.75) is 19.9 Å². The van der Waals surface area contributed by atoms with Crippen molar-refractivity contribution >= 4 is 12.0 Å². The van der Waals surface area contributed by atoms with Crippen LogP contribution in [0.25, 0.3) is 0 Å². The summed E-state index contributed by atoms with van der Waals surface area (Å²) in [5.74, 6) is -0.687. The maximum absolute atomic E-state index is 11.7. The number of carbonyl (C=O) groups is 2. The van der Waals surface area contributed by atoms with Crippen molar-refractivity contribution in [3.8, 4) is 0 Å². The molecule has 0 saturated carbocycles. The van der Waals surface area contributed by atoms with Crippen LogP contribution in [0.3, 0.4) is 0 Å². The van der Waals surface area contributed by atoms with Crippen molar-refractivity contribution in [2.24, 2.45) is 5.92 Å². The third-order valence-electron chi connectivity index (χ3n) is 2.34. The zero-order valence-electron chi connectivity index (χ0n) is 9.60. The summed E-state index contributed by atoms with van der Waals surface area (Å²) in [5, 5.41) is 11.6. The van der Waals surface area contributed by atoms with E-state index in [1.807, 2.05) is 13.8 Å². The van der Waals surface area contributed by atoms with Crippen molar-refractivity contribution < 1.29 is 19.4 Å². The number of nitrogens with zero attached hydrogens (tertiary/aromatic N) is 1. The molecule has 1 aliphatic heterocycles. The molecule has 0 bridgehead atoms. The average molecular weight is 230 g/mol. The van der Waals surface area contributed by atoms with E-state index in [0.717, 1.165) is 0 Å². The van der Waals surface area contributed by atoms with Crippen molar-refractivity contribution in [3.63, 3.8) is 0 Å². The SMILES string of the molecule is CC(C)CNC(=O)N1CCOCC1C(=O)O. The van der Waals surface area contributed by atoms with Crippen LogP contribution in [0.15, 0.2) is 0 Å². The van der Waals surface area contributed by atoms with Crippen LogP contribution < -0.4 is 5.32 Å². The highest BCUT2D eigenvalue weighted by atomic mass is 16.5. The molecule has 0 aromatic heterocycles. The number of nitrogens with one attached hydrogen (secondary N) is 1. The highest BCUT2D eigenvalue weighted by Gasteiger charge is 2.32. The molecule has 6 nitrogen and oxygen atoms in total. The van der Waals surface area contributed by atoms with Gasteiger partial charge in [0.2, 0.25) is 0 Å². The minimum atomic E-state index is -1.03. The Kier molecular flexibility index (Phi) is 4.54. The number of carboxylic acid groups (broad SMARTS) is 1. The quantitative estimate of drug-likeness (QED) is 0.722. The van der Waals surface area contributed by atoms with E-state index in [2.05, 4.69) is 5.32 Å². The lowest BCUT2D eigenvalue weighted by Gasteiger charge is -2.32. The third kappa shape index (κ3) is 3.37. The molecule has 6 heteroatoms. The van der Waals surface area contributed by atoms with E-state index in [9.17, 15) is 9.59 Å². The highest BCUT2D eigenvalue weighted by molar-refractivity contribution is 5.82. The topological polar surface area (TPSA) is 78.9 Å². The molecule has 1 saturated heterocycles. The fraction of sp³-hybridized carbons (Fsp3) is 0.800. The Balaban J connectivity index is 2.54. The van der Waals surface area contributed by atoms with Gasteiger partial charge >= 0.3 is 12.0 Å². The molecule has 92 valence electrons. The van der Waals surface area contributed by atoms with Gasteiger partial charge in [-0.3, -0.25) is 0 Å². The minimum absolute atomic E-state index is 0.0600. The zero-order valence-corrected chi connectivity index (χ0v) is 9.60. The summed E-state index contributed by atoms with van der Waals surface area (Å²) in [6.45, 7) is 5.27. The molecular formula is C10H18N2O4. The van der Waals surface area contributed by atoms with Gasteiger partial charge in [0.25, 0.3) is 0 Å². The van der Waals surface area contributed by atoms with Crippen LogP contribution in [0.5, 0.6) is 0 Å². The van der Waals surface area contributed by atoms with Gasteiger partial charge in [-0.1, -0.05) is 13.8 Å². The highest BCUT2D eigenvalue weighted by Crippen LogP contribution is 2.07. The van der Waals surface area contributed by atoms with Gasteiger partial charge in [-0.2, -0.15) is 0 Å². The minimum Gasteiger partial charge on any atom is -0.480 e. The summed E-state index contributed by atoms with van der Waals surface area (Å²) in [4.78, 5) is 23.9. The smallest absolute Gasteiger partial charge is 0.328 e. The Morgan fingerprint density at radius 1 is 1.56 bits per heavy atom. The van der Waals surface area contributed by atoms with Crippen molar-refractivity contribution in [2.75, 3.05) is 26.3 Å². The molecule has 2 N–H and O–H groups in total.